The number of carbonyl (C=O) groups is 3. The minimum atomic E-state index is -4.19. The number of Topliss-reactive ketones (excluding diaryl/α,β-unsaturated/α-hetero) is 3. The lowest BCUT2D eigenvalue weighted by molar-refractivity contribution is -0.119. The number of ether oxygens (including phenoxy) is 3. The minimum Gasteiger partial charge on any atom is -0.486 e. The quantitative estimate of drug-likeness (QED) is 0.116. The number of carbonyl (C=O) groups excluding carboxylic acids is 3. The first-order valence-electron chi connectivity index (χ1n) is 13.0. The number of halogens is 2. The monoisotopic (exact) mass is 786 g/mol. The van der Waals surface area contributed by atoms with Crippen molar-refractivity contribution in [3.63, 3.8) is 0 Å². The summed E-state index contributed by atoms with van der Waals surface area (Å²) >= 11 is 4.19. The van der Waals surface area contributed by atoms with E-state index >= 15 is 0 Å². The highest BCUT2D eigenvalue weighted by Crippen LogP contribution is 2.24. The molecule has 0 amide bonds. The molecule has 3 aromatic carbocycles. The van der Waals surface area contributed by atoms with Crippen molar-refractivity contribution in [2.75, 3.05) is 19.8 Å². The predicted molar refractivity (Wildman–Crippen MR) is 200 cm³/mol. The maximum atomic E-state index is 11.0. The Morgan fingerprint density at radius 3 is 1.31 bits per heavy atom. The van der Waals surface area contributed by atoms with Crippen LogP contribution in [0.3, 0.4) is 0 Å². The SMILES string of the molecule is C.C.C.CC(=O)COc1ccc(S(=O)(=O)Cl)cc1C.CC(=O)COc1ccc(S)cc1C.CC(=O)COc1ccccc1C.O=S(=O)(O)Cl. The molecule has 0 saturated carbocycles. The molecule has 1 N–H and O–H groups in total. The number of aryl methyl sites for hydroxylation is 3. The zero-order valence-electron chi connectivity index (χ0n) is 25.9. The van der Waals surface area contributed by atoms with Gasteiger partial charge in [0.25, 0.3) is 9.05 Å². The van der Waals surface area contributed by atoms with Crippen LogP contribution in [0, 0.1) is 20.8 Å². The van der Waals surface area contributed by atoms with E-state index in [4.69, 9.17) is 37.9 Å². The fourth-order valence-electron chi connectivity index (χ4n) is 2.99. The molecule has 0 saturated heterocycles. The van der Waals surface area contributed by atoms with Gasteiger partial charge in [0, 0.05) is 26.3 Å². The first-order chi connectivity index (χ1) is 21.1. The van der Waals surface area contributed by atoms with Gasteiger partial charge in [0.05, 0.1) is 4.90 Å². The van der Waals surface area contributed by atoms with Gasteiger partial charge in [0.15, 0.2) is 17.3 Å². The molecule has 0 atom stereocenters. The summed E-state index contributed by atoms with van der Waals surface area (Å²) in [4.78, 5) is 32.9. The highest BCUT2D eigenvalue weighted by atomic mass is 35.7. The number of para-hydroxylation sites is 1. The van der Waals surface area contributed by atoms with Gasteiger partial charge in [-0.15, -0.1) is 12.6 Å². The molecule has 0 aliphatic carbocycles. The van der Waals surface area contributed by atoms with Crippen LogP contribution in [0.5, 0.6) is 17.2 Å². The molecule has 49 heavy (non-hydrogen) atoms. The number of ketones is 3. The van der Waals surface area contributed by atoms with Crippen LogP contribution >= 0.6 is 34.0 Å². The van der Waals surface area contributed by atoms with Crippen LogP contribution in [-0.2, 0) is 32.8 Å². The van der Waals surface area contributed by atoms with Crippen LogP contribution < -0.4 is 14.2 Å². The van der Waals surface area contributed by atoms with Gasteiger partial charge in [0.1, 0.15) is 37.1 Å². The smallest absolute Gasteiger partial charge is 0.353 e. The molecule has 3 rings (SSSR count). The normalized spacial score (nSPS) is 9.76. The fraction of sp³-hybridized carbons (Fsp3) is 0.364. The molecule has 0 radical (unpaired) electrons. The number of rotatable bonds is 10. The number of benzene rings is 3. The Labute approximate surface area is 306 Å². The topological polar surface area (TPSA) is 167 Å². The Kier molecular flexibility index (Phi) is 27.7. The van der Waals surface area contributed by atoms with E-state index in [0.717, 1.165) is 27.5 Å². The lowest BCUT2D eigenvalue weighted by Gasteiger charge is -2.08. The van der Waals surface area contributed by atoms with Crippen molar-refractivity contribution in [1.82, 2.24) is 0 Å². The summed E-state index contributed by atoms with van der Waals surface area (Å²) in [5.74, 6) is 1.96. The van der Waals surface area contributed by atoms with Crippen molar-refractivity contribution in [3.05, 3.63) is 77.4 Å². The Morgan fingerprint density at radius 1 is 0.633 bits per heavy atom. The molecule has 0 fully saturated rings. The van der Waals surface area contributed by atoms with Crippen molar-refractivity contribution < 1.29 is 50.0 Å². The first kappa shape index (κ1) is 52.7. The maximum absolute atomic E-state index is 11.0. The van der Waals surface area contributed by atoms with Gasteiger partial charge < -0.3 is 14.2 Å². The molecular weight excluding hydrogens is 739 g/mol. The molecule has 11 nitrogen and oxygen atoms in total. The highest BCUT2D eigenvalue weighted by Gasteiger charge is 2.12. The Morgan fingerprint density at radius 2 is 0.980 bits per heavy atom. The zero-order valence-corrected chi connectivity index (χ0v) is 30.0. The van der Waals surface area contributed by atoms with Crippen molar-refractivity contribution >= 4 is 69.7 Å². The minimum absolute atomic E-state index is 0. The van der Waals surface area contributed by atoms with Crippen LogP contribution in [0.1, 0.15) is 59.7 Å². The maximum Gasteiger partial charge on any atom is 0.353 e. The van der Waals surface area contributed by atoms with Crippen molar-refractivity contribution in [2.45, 2.75) is 73.6 Å². The summed E-state index contributed by atoms with van der Waals surface area (Å²) < 4.78 is 62.9. The predicted octanol–water partition coefficient (Wildman–Crippen LogP) is 8.04. The third kappa shape index (κ3) is 27.4. The van der Waals surface area contributed by atoms with Gasteiger partial charge in [-0.25, -0.2) is 8.42 Å². The van der Waals surface area contributed by atoms with Crippen LogP contribution in [-0.4, -0.2) is 58.6 Å². The van der Waals surface area contributed by atoms with Gasteiger partial charge in [-0.05, 0) is 101 Å². The Hall–Kier alpha value is -3.14. The molecule has 0 spiro atoms. The van der Waals surface area contributed by atoms with E-state index in [1.54, 1.807) is 6.92 Å². The molecule has 16 heteroatoms. The molecule has 0 aromatic heterocycles. The average molecular weight is 788 g/mol. The molecule has 278 valence electrons. The third-order valence-electron chi connectivity index (χ3n) is 4.97. The van der Waals surface area contributed by atoms with E-state index in [1.165, 1.54) is 39.0 Å². The second kappa shape index (κ2) is 25.8. The third-order valence-corrected chi connectivity index (χ3v) is 6.60. The van der Waals surface area contributed by atoms with Gasteiger partial charge in [-0.2, -0.15) is 8.42 Å². The zero-order chi connectivity index (χ0) is 35.7. The first-order valence-corrected chi connectivity index (χ1v) is 18.1. The van der Waals surface area contributed by atoms with E-state index in [0.29, 0.717) is 11.3 Å². The lowest BCUT2D eigenvalue weighted by Crippen LogP contribution is -2.07. The van der Waals surface area contributed by atoms with E-state index in [9.17, 15) is 22.8 Å². The largest absolute Gasteiger partial charge is 0.486 e. The molecule has 0 aliphatic rings. The summed E-state index contributed by atoms with van der Waals surface area (Å²) in [7, 11) is 1.33. The molecule has 3 aromatic rings. The van der Waals surface area contributed by atoms with Crippen molar-refractivity contribution in [2.24, 2.45) is 0 Å². The second-order valence-electron chi connectivity index (χ2n) is 9.46. The van der Waals surface area contributed by atoms with Gasteiger partial charge in [-0.1, -0.05) is 40.5 Å². The molecule has 0 unspecified atom stereocenters. The summed E-state index contributed by atoms with van der Waals surface area (Å²) in [5, 5.41) is 0. The van der Waals surface area contributed by atoms with E-state index in [2.05, 4.69) is 23.3 Å². The molecule has 0 bridgehead atoms. The van der Waals surface area contributed by atoms with E-state index in [-0.39, 0.29) is 64.3 Å². The summed E-state index contributed by atoms with van der Waals surface area (Å²) in [6.07, 6.45) is 0. The van der Waals surface area contributed by atoms with E-state index in [1.807, 2.05) is 56.3 Å². The van der Waals surface area contributed by atoms with Crippen molar-refractivity contribution in [3.8, 4) is 17.2 Å². The van der Waals surface area contributed by atoms with Crippen molar-refractivity contribution in [1.29, 1.82) is 0 Å². The van der Waals surface area contributed by atoms with Gasteiger partial charge in [0.2, 0.25) is 0 Å². The van der Waals surface area contributed by atoms with E-state index < -0.39 is 18.4 Å². The van der Waals surface area contributed by atoms with Crippen LogP contribution in [0.2, 0.25) is 0 Å². The standard InChI is InChI=1S/C10H11ClO4S.C10H12O2S.C10H12O2.3CH4.ClHO3S/c1-7-5-9(16(11,13)14)3-4-10(7)15-6-8(2)12;1-7-5-9(13)3-4-10(7)12-6-8(2)11;1-8-5-3-4-6-10(8)12-7-9(2)11;;;;1-5(2,3)4/h3-5H,6H2,1-2H3;3-5,13H,6H2,1-2H3;3-6H,7H2,1-2H3;3*1H4;(H,2,3,4). The summed E-state index contributed by atoms with van der Waals surface area (Å²) in [5.41, 5.74) is 2.66. The number of hydrogen-bond donors (Lipinski definition) is 2. The molecule has 0 aliphatic heterocycles. The highest BCUT2D eigenvalue weighted by molar-refractivity contribution is 8.13. The average Bonchev–Trinajstić information content (AvgIpc) is 2.90. The van der Waals surface area contributed by atoms with Gasteiger partial charge in [-0.3, -0.25) is 18.9 Å². The molecular formula is C33H48Cl2O11S3. The lowest BCUT2D eigenvalue weighted by atomic mass is 10.2. The van der Waals surface area contributed by atoms with Crippen LogP contribution in [0.4, 0.5) is 0 Å². The summed E-state index contributed by atoms with van der Waals surface area (Å²) in [6.45, 7) is 10.2. The van der Waals surface area contributed by atoms with Gasteiger partial charge >= 0.3 is 9.33 Å². The summed E-state index contributed by atoms with van der Waals surface area (Å²) in [6, 6.07) is 17.4. The number of hydrogen-bond acceptors (Lipinski definition) is 11. The molecule has 0 heterocycles. The fourth-order valence-corrected chi connectivity index (χ4v) is 4.09. The van der Waals surface area contributed by atoms with Crippen LogP contribution in [0.15, 0.2) is 70.5 Å². The Bertz CT molecular complexity index is 1690. The van der Waals surface area contributed by atoms with Crippen LogP contribution in [0.25, 0.3) is 0 Å². The number of thiol groups is 1. The second-order valence-corrected chi connectivity index (χ2v) is 14.5. The Balaban J connectivity index is -0.000000284.